The number of hydrogen-bond donors (Lipinski definition) is 0. The van der Waals surface area contributed by atoms with Gasteiger partial charge in [-0.15, -0.1) is 13.2 Å². The first-order chi connectivity index (χ1) is 18.3. The number of amides is 2. The minimum absolute atomic E-state index is 0.0590. The van der Waals surface area contributed by atoms with Crippen molar-refractivity contribution in [2.24, 2.45) is 5.92 Å². The zero-order valence-corrected chi connectivity index (χ0v) is 20.2. The van der Waals surface area contributed by atoms with Crippen molar-refractivity contribution in [3.8, 4) is 23.3 Å². The van der Waals surface area contributed by atoms with Crippen LogP contribution >= 0.6 is 0 Å². The molecule has 0 aliphatic carbocycles. The number of aromatic nitrogens is 4. The summed E-state index contributed by atoms with van der Waals surface area (Å²) in [5, 5.41) is 13.2. The largest absolute Gasteiger partial charge is 0.573 e. The molecule has 0 spiro atoms. The molecule has 38 heavy (non-hydrogen) atoms. The van der Waals surface area contributed by atoms with Gasteiger partial charge in [-0.05, 0) is 37.0 Å². The predicted molar refractivity (Wildman–Crippen MR) is 125 cm³/mol. The number of halogens is 3. The Morgan fingerprint density at radius 3 is 2.47 bits per heavy atom. The first kappa shape index (κ1) is 25.4. The first-order valence-corrected chi connectivity index (χ1v) is 12.2. The van der Waals surface area contributed by atoms with Crippen molar-refractivity contribution in [2.45, 2.75) is 37.5 Å². The van der Waals surface area contributed by atoms with Gasteiger partial charge in [0.1, 0.15) is 11.4 Å². The highest BCUT2D eigenvalue weighted by molar-refractivity contribution is 5.75. The molecular weight excluding hydrogens is 503 g/mol. The Hall–Kier alpha value is -4.21. The normalized spacial score (nSPS) is 20.7. The van der Waals surface area contributed by atoms with Crippen LogP contribution in [0.5, 0.6) is 5.75 Å². The highest BCUT2D eigenvalue weighted by atomic mass is 19.4. The van der Waals surface area contributed by atoms with Crippen LogP contribution in [-0.2, 0) is 0 Å². The Kier molecular flexibility index (Phi) is 7.13. The van der Waals surface area contributed by atoms with Gasteiger partial charge in [-0.25, -0.2) is 9.78 Å². The molecular formula is C25H24F3N7O3. The van der Waals surface area contributed by atoms with Gasteiger partial charge in [-0.3, -0.25) is 4.98 Å². The zero-order chi connectivity index (χ0) is 26.7. The van der Waals surface area contributed by atoms with E-state index in [1.54, 1.807) is 21.9 Å². The number of carbonyl (C=O) groups is 1. The summed E-state index contributed by atoms with van der Waals surface area (Å²) in [5.41, 5.74) is 1.21. The molecule has 2 amide bonds. The fraction of sp³-hybridized carbons (Fsp3) is 0.440. The Morgan fingerprint density at radius 2 is 1.82 bits per heavy atom. The molecule has 3 aromatic rings. The molecule has 0 N–H and O–H groups in total. The van der Waals surface area contributed by atoms with E-state index in [2.05, 4.69) is 30.9 Å². The molecule has 1 aromatic carbocycles. The lowest BCUT2D eigenvalue weighted by molar-refractivity contribution is -0.274. The number of rotatable bonds is 4. The molecule has 4 heterocycles. The van der Waals surface area contributed by atoms with E-state index in [0.29, 0.717) is 57.0 Å². The molecule has 2 unspecified atom stereocenters. The molecule has 198 valence electrons. The maximum atomic E-state index is 13.5. The van der Waals surface area contributed by atoms with Crippen LogP contribution < -0.4 is 4.74 Å². The number of nitrogens with zero attached hydrogens (tertiary/aromatic N) is 7. The zero-order valence-electron chi connectivity index (χ0n) is 20.2. The van der Waals surface area contributed by atoms with Crippen molar-refractivity contribution >= 4 is 6.03 Å². The third kappa shape index (κ3) is 5.85. The summed E-state index contributed by atoms with van der Waals surface area (Å²) < 4.78 is 47.4. The second-order valence-corrected chi connectivity index (χ2v) is 9.37. The van der Waals surface area contributed by atoms with Gasteiger partial charge in [0.15, 0.2) is 0 Å². The lowest BCUT2D eigenvalue weighted by atomic mass is 9.84. The molecule has 2 fully saturated rings. The fourth-order valence-electron chi connectivity index (χ4n) is 4.94. The second kappa shape index (κ2) is 10.6. The smallest absolute Gasteiger partial charge is 0.406 e. The summed E-state index contributed by atoms with van der Waals surface area (Å²) in [6.45, 7) is 1.69. The molecule has 2 saturated heterocycles. The lowest BCUT2D eigenvalue weighted by Crippen LogP contribution is -2.51. The monoisotopic (exact) mass is 527 g/mol. The number of likely N-dealkylation sites (tertiary alicyclic amines) is 2. The van der Waals surface area contributed by atoms with Crippen LogP contribution in [0.15, 0.2) is 47.4 Å². The van der Waals surface area contributed by atoms with E-state index in [4.69, 9.17) is 4.52 Å². The highest BCUT2D eigenvalue weighted by Gasteiger charge is 2.37. The Balaban J connectivity index is 1.38. The van der Waals surface area contributed by atoms with E-state index in [9.17, 15) is 23.2 Å². The number of ether oxygens (including phenoxy) is 1. The van der Waals surface area contributed by atoms with Gasteiger partial charge in [0.05, 0.1) is 18.2 Å². The molecule has 0 bridgehead atoms. The van der Waals surface area contributed by atoms with E-state index < -0.39 is 6.36 Å². The first-order valence-electron chi connectivity index (χ1n) is 12.2. The van der Waals surface area contributed by atoms with Crippen LogP contribution in [0.4, 0.5) is 18.0 Å². The molecule has 5 rings (SSSR count). The Morgan fingerprint density at radius 1 is 1.08 bits per heavy atom. The number of hydrogen-bond acceptors (Lipinski definition) is 8. The summed E-state index contributed by atoms with van der Waals surface area (Å²) in [4.78, 5) is 29.6. The van der Waals surface area contributed by atoms with E-state index in [-0.39, 0.29) is 35.4 Å². The van der Waals surface area contributed by atoms with Crippen LogP contribution in [-0.4, -0.2) is 68.5 Å². The van der Waals surface area contributed by atoms with Gasteiger partial charge >= 0.3 is 12.4 Å². The quantitative estimate of drug-likeness (QED) is 0.491. The summed E-state index contributed by atoms with van der Waals surface area (Å²) in [6.07, 6.45) is 1.57. The van der Waals surface area contributed by atoms with Gasteiger partial charge < -0.3 is 19.1 Å². The van der Waals surface area contributed by atoms with Crippen molar-refractivity contribution in [3.05, 3.63) is 54.3 Å². The summed E-state index contributed by atoms with van der Waals surface area (Å²) in [6, 6.07) is 7.80. The number of nitriles is 1. The summed E-state index contributed by atoms with van der Waals surface area (Å²) in [5.74, 6) is -0.253. The number of urea groups is 1. The predicted octanol–water partition coefficient (Wildman–Crippen LogP) is 4.35. The number of piperidine rings is 2. The van der Waals surface area contributed by atoms with E-state index in [1.807, 2.05) is 0 Å². The van der Waals surface area contributed by atoms with Gasteiger partial charge in [0.25, 0.3) is 0 Å². The van der Waals surface area contributed by atoms with Crippen molar-refractivity contribution in [3.63, 3.8) is 0 Å². The van der Waals surface area contributed by atoms with Crippen LogP contribution in [0.1, 0.15) is 42.6 Å². The third-order valence-electron chi connectivity index (χ3n) is 6.84. The molecule has 13 heteroatoms. The average molecular weight is 528 g/mol. The van der Waals surface area contributed by atoms with Gasteiger partial charge in [-0.1, -0.05) is 17.3 Å². The maximum absolute atomic E-state index is 13.5. The van der Waals surface area contributed by atoms with Crippen LogP contribution in [0.25, 0.3) is 11.5 Å². The minimum Gasteiger partial charge on any atom is -0.406 e. The molecule has 2 aliphatic heterocycles. The Bertz CT molecular complexity index is 1290. The number of benzene rings is 1. The SMILES string of the molecule is N#CC1CCN(C(=O)N2CC(c3ccc(OC(F)(F)F)cc3)CC(c3nc(-c4cnccn4)no3)C2)CC1. The van der Waals surface area contributed by atoms with Crippen molar-refractivity contribution in [2.75, 3.05) is 26.2 Å². The lowest BCUT2D eigenvalue weighted by Gasteiger charge is -2.40. The summed E-state index contributed by atoms with van der Waals surface area (Å²) >= 11 is 0. The van der Waals surface area contributed by atoms with Crippen LogP contribution in [0.3, 0.4) is 0 Å². The maximum Gasteiger partial charge on any atom is 0.573 e. The average Bonchev–Trinajstić information content (AvgIpc) is 3.43. The topological polar surface area (TPSA) is 121 Å². The van der Waals surface area contributed by atoms with Crippen molar-refractivity contribution in [1.29, 1.82) is 5.26 Å². The van der Waals surface area contributed by atoms with Gasteiger partial charge in [-0.2, -0.15) is 10.2 Å². The van der Waals surface area contributed by atoms with E-state index >= 15 is 0 Å². The molecule has 0 radical (unpaired) electrons. The molecule has 0 saturated carbocycles. The van der Waals surface area contributed by atoms with Crippen molar-refractivity contribution in [1.82, 2.24) is 29.9 Å². The van der Waals surface area contributed by atoms with E-state index in [1.165, 1.54) is 30.7 Å². The third-order valence-corrected chi connectivity index (χ3v) is 6.84. The number of carbonyl (C=O) groups excluding carboxylic acids is 1. The number of alkyl halides is 3. The standard InChI is InChI=1S/C25H24F3N7O3/c26-25(27,28)37-20-3-1-17(2-4-20)18-11-19(23-32-22(33-38-23)21-13-30-7-8-31-21)15-35(14-18)24(36)34-9-5-16(12-29)6-10-34/h1-4,7-8,13,16,18-19H,5-6,9-11,14-15H2. The molecule has 2 atom stereocenters. The van der Waals surface area contributed by atoms with Crippen LogP contribution in [0.2, 0.25) is 0 Å². The Labute approximate surface area is 216 Å². The molecule has 10 nitrogen and oxygen atoms in total. The highest BCUT2D eigenvalue weighted by Crippen LogP contribution is 2.37. The van der Waals surface area contributed by atoms with Crippen molar-refractivity contribution < 1.29 is 27.2 Å². The van der Waals surface area contributed by atoms with E-state index in [0.717, 1.165) is 5.56 Å². The fourth-order valence-corrected chi connectivity index (χ4v) is 4.94. The van der Waals surface area contributed by atoms with Gasteiger partial charge in [0.2, 0.25) is 11.7 Å². The minimum atomic E-state index is -4.78. The van der Waals surface area contributed by atoms with Gasteiger partial charge in [0, 0.05) is 50.4 Å². The molecule has 2 aliphatic rings. The second-order valence-electron chi connectivity index (χ2n) is 9.37. The summed E-state index contributed by atoms with van der Waals surface area (Å²) in [7, 11) is 0. The molecule has 2 aromatic heterocycles. The van der Waals surface area contributed by atoms with Crippen LogP contribution in [0, 0.1) is 17.2 Å².